The summed E-state index contributed by atoms with van der Waals surface area (Å²) in [7, 11) is 0. The molecule has 0 unspecified atom stereocenters. The third-order valence-electron chi connectivity index (χ3n) is 6.64. The van der Waals surface area contributed by atoms with Crippen molar-refractivity contribution in [2.45, 2.75) is 70.4 Å². The number of aromatic nitrogens is 2. The lowest BCUT2D eigenvalue weighted by molar-refractivity contribution is -0.121. The van der Waals surface area contributed by atoms with E-state index in [-0.39, 0.29) is 5.91 Å². The van der Waals surface area contributed by atoms with Crippen LogP contribution in [0, 0.1) is 5.92 Å². The lowest BCUT2D eigenvalue weighted by atomic mass is 9.93. The molecule has 0 radical (unpaired) electrons. The average Bonchev–Trinajstić information content (AvgIpc) is 3.44. The average molecular weight is 401 g/mol. The Bertz CT molecular complexity index is 679. The van der Waals surface area contributed by atoms with Crippen LogP contribution < -0.4 is 15.5 Å². The van der Waals surface area contributed by atoms with Crippen LogP contribution in [0.15, 0.2) is 12.4 Å². The monoisotopic (exact) mass is 400 g/mol. The van der Waals surface area contributed by atoms with E-state index >= 15 is 0 Å². The van der Waals surface area contributed by atoms with Gasteiger partial charge < -0.3 is 15.5 Å². The van der Waals surface area contributed by atoms with E-state index in [1.54, 1.807) is 6.33 Å². The summed E-state index contributed by atoms with van der Waals surface area (Å²) in [5.41, 5.74) is 0. The standard InChI is InChI=1S/C22H36N6O/c1-2-27-11-4-6-19(27)14-23-22(29)10-7-17-5-3-12-28(15-17)21-13-20(24-16-25-21)26-18-8-9-18/h13,16-19H,2-12,14-15H2,1H3,(H,23,29)(H,24,25,26)/t17-,19+/m0/s1. The molecule has 0 bridgehead atoms. The molecule has 3 heterocycles. The van der Waals surface area contributed by atoms with Crippen molar-refractivity contribution < 1.29 is 4.79 Å². The SMILES string of the molecule is CCN1CCC[C@@H]1CNC(=O)CC[C@@H]1CCCN(c2cc(NC3CC3)ncn2)C1. The van der Waals surface area contributed by atoms with Crippen LogP contribution in [-0.4, -0.2) is 65.6 Å². The van der Waals surface area contributed by atoms with Crippen molar-refractivity contribution in [3.05, 3.63) is 12.4 Å². The lowest BCUT2D eigenvalue weighted by Crippen LogP contribution is -2.40. The van der Waals surface area contributed by atoms with Gasteiger partial charge in [-0.2, -0.15) is 0 Å². The molecule has 7 nitrogen and oxygen atoms in total. The van der Waals surface area contributed by atoms with E-state index in [2.05, 4.69) is 43.4 Å². The number of amides is 1. The van der Waals surface area contributed by atoms with Crippen LogP contribution in [0.2, 0.25) is 0 Å². The van der Waals surface area contributed by atoms with Gasteiger partial charge in [-0.3, -0.25) is 9.69 Å². The summed E-state index contributed by atoms with van der Waals surface area (Å²) >= 11 is 0. The smallest absolute Gasteiger partial charge is 0.220 e. The van der Waals surface area contributed by atoms with Gasteiger partial charge in [0, 0.05) is 44.2 Å². The molecule has 3 fully saturated rings. The van der Waals surface area contributed by atoms with E-state index in [0.717, 1.165) is 50.7 Å². The fourth-order valence-electron chi connectivity index (χ4n) is 4.74. The second kappa shape index (κ2) is 9.74. The van der Waals surface area contributed by atoms with Crippen molar-refractivity contribution in [3.63, 3.8) is 0 Å². The van der Waals surface area contributed by atoms with E-state index in [1.807, 2.05) is 0 Å². The van der Waals surface area contributed by atoms with E-state index in [4.69, 9.17) is 0 Å². The number of nitrogens with one attached hydrogen (secondary N) is 2. The van der Waals surface area contributed by atoms with Gasteiger partial charge in [0.1, 0.15) is 18.0 Å². The molecule has 2 N–H and O–H groups in total. The first kappa shape index (κ1) is 20.4. The molecule has 160 valence electrons. The number of anilines is 2. The Morgan fingerprint density at radius 3 is 2.86 bits per heavy atom. The molecule has 1 amide bonds. The number of carbonyl (C=O) groups excluding carboxylic acids is 1. The molecule has 2 aliphatic heterocycles. The molecule has 4 rings (SSSR count). The molecule has 1 aromatic rings. The van der Waals surface area contributed by atoms with Gasteiger partial charge in [0.2, 0.25) is 5.91 Å². The fourth-order valence-corrected chi connectivity index (χ4v) is 4.74. The number of nitrogens with zero attached hydrogens (tertiary/aromatic N) is 4. The highest BCUT2D eigenvalue weighted by Crippen LogP contribution is 2.28. The molecule has 29 heavy (non-hydrogen) atoms. The number of piperidine rings is 1. The van der Waals surface area contributed by atoms with E-state index in [0.29, 0.717) is 24.4 Å². The van der Waals surface area contributed by atoms with E-state index < -0.39 is 0 Å². The van der Waals surface area contributed by atoms with E-state index in [1.165, 1.54) is 38.6 Å². The number of likely N-dealkylation sites (N-methyl/N-ethyl adjacent to an activating group) is 1. The zero-order chi connectivity index (χ0) is 20.1. The van der Waals surface area contributed by atoms with Crippen molar-refractivity contribution in [1.82, 2.24) is 20.2 Å². The Balaban J connectivity index is 1.21. The normalized spacial score (nSPS) is 25.2. The van der Waals surface area contributed by atoms with Crippen LogP contribution in [0.4, 0.5) is 11.6 Å². The van der Waals surface area contributed by atoms with Gasteiger partial charge >= 0.3 is 0 Å². The minimum absolute atomic E-state index is 0.211. The molecular weight excluding hydrogens is 364 g/mol. The Labute approximate surface area is 174 Å². The summed E-state index contributed by atoms with van der Waals surface area (Å²) in [6, 6.07) is 3.21. The van der Waals surface area contributed by atoms with Crippen LogP contribution >= 0.6 is 0 Å². The molecule has 0 spiro atoms. The van der Waals surface area contributed by atoms with Gasteiger partial charge in [-0.1, -0.05) is 6.92 Å². The quantitative estimate of drug-likeness (QED) is 0.664. The fraction of sp³-hybridized carbons (Fsp3) is 0.773. The zero-order valence-corrected chi connectivity index (χ0v) is 17.8. The molecule has 1 saturated carbocycles. The maximum absolute atomic E-state index is 12.4. The van der Waals surface area contributed by atoms with Crippen molar-refractivity contribution in [1.29, 1.82) is 0 Å². The molecular formula is C22H36N6O. The van der Waals surface area contributed by atoms with Crippen LogP contribution in [0.3, 0.4) is 0 Å². The number of carbonyl (C=O) groups is 1. The number of hydrogen-bond acceptors (Lipinski definition) is 6. The highest BCUT2D eigenvalue weighted by atomic mass is 16.1. The summed E-state index contributed by atoms with van der Waals surface area (Å²) in [6.45, 7) is 7.30. The third-order valence-corrected chi connectivity index (χ3v) is 6.64. The van der Waals surface area contributed by atoms with Gasteiger partial charge in [-0.05, 0) is 64.0 Å². The van der Waals surface area contributed by atoms with Gasteiger partial charge in [0.05, 0.1) is 0 Å². The number of rotatable bonds is 9. The molecule has 1 aliphatic carbocycles. The van der Waals surface area contributed by atoms with E-state index in [9.17, 15) is 4.79 Å². The van der Waals surface area contributed by atoms with Crippen molar-refractivity contribution in [2.75, 3.05) is 42.9 Å². The number of likely N-dealkylation sites (tertiary alicyclic amines) is 1. The topological polar surface area (TPSA) is 73.4 Å². The molecule has 2 atom stereocenters. The minimum atomic E-state index is 0.211. The third kappa shape index (κ3) is 5.81. The summed E-state index contributed by atoms with van der Waals surface area (Å²) in [5, 5.41) is 6.64. The zero-order valence-electron chi connectivity index (χ0n) is 17.8. The first-order valence-electron chi connectivity index (χ1n) is 11.6. The summed E-state index contributed by atoms with van der Waals surface area (Å²) < 4.78 is 0. The van der Waals surface area contributed by atoms with Crippen molar-refractivity contribution >= 4 is 17.5 Å². The minimum Gasteiger partial charge on any atom is -0.367 e. The summed E-state index contributed by atoms with van der Waals surface area (Å²) in [6.07, 6.45) is 10.6. The van der Waals surface area contributed by atoms with Crippen LogP contribution in [-0.2, 0) is 4.79 Å². The molecule has 7 heteroatoms. The van der Waals surface area contributed by atoms with Gasteiger partial charge in [-0.15, -0.1) is 0 Å². The Morgan fingerprint density at radius 1 is 1.17 bits per heavy atom. The molecule has 3 aliphatic rings. The maximum atomic E-state index is 12.4. The van der Waals surface area contributed by atoms with Crippen LogP contribution in [0.5, 0.6) is 0 Å². The predicted molar refractivity (Wildman–Crippen MR) is 116 cm³/mol. The number of hydrogen-bond donors (Lipinski definition) is 2. The first-order valence-corrected chi connectivity index (χ1v) is 11.6. The highest BCUT2D eigenvalue weighted by Gasteiger charge is 2.25. The summed E-state index contributed by atoms with van der Waals surface area (Å²) in [4.78, 5) is 26.1. The maximum Gasteiger partial charge on any atom is 0.220 e. The Hall–Kier alpha value is -1.89. The molecule has 0 aromatic carbocycles. The largest absolute Gasteiger partial charge is 0.367 e. The van der Waals surface area contributed by atoms with Crippen molar-refractivity contribution in [3.8, 4) is 0 Å². The van der Waals surface area contributed by atoms with Crippen molar-refractivity contribution in [2.24, 2.45) is 5.92 Å². The second-order valence-corrected chi connectivity index (χ2v) is 8.90. The molecule has 2 saturated heterocycles. The van der Waals surface area contributed by atoms with Crippen LogP contribution in [0.25, 0.3) is 0 Å². The van der Waals surface area contributed by atoms with Gasteiger partial charge in [0.15, 0.2) is 0 Å². The molecule has 1 aromatic heterocycles. The summed E-state index contributed by atoms with van der Waals surface area (Å²) in [5.74, 6) is 2.72. The Kier molecular flexibility index (Phi) is 6.85. The first-order chi connectivity index (χ1) is 14.2. The lowest BCUT2D eigenvalue weighted by Gasteiger charge is -2.33. The Morgan fingerprint density at radius 2 is 2.03 bits per heavy atom. The predicted octanol–water partition coefficient (Wildman–Crippen LogP) is 2.65. The van der Waals surface area contributed by atoms with Crippen LogP contribution in [0.1, 0.15) is 58.3 Å². The van der Waals surface area contributed by atoms with Gasteiger partial charge in [-0.25, -0.2) is 9.97 Å². The van der Waals surface area contributed by atoms with Gasteiger partial charge in [0.25, 0.3) is 0 Å². The second-order valence-electron chi connectivity index (χ2n) is 8.90. The highest BCUT2D eigenvalue weighted by molar-refractivity contribution is 5.75.